The molecule has 142 valence electrons. The maximum Gasteiger partial charge on any atom is 0.342 e. The van der Waals surface area contributed by atoms with Gasteiger partial charge in [0.1, 0.15) is 17.2 Å². The maximum absolute atomic E-state index is 12.7. The van der Waals surface area contributed by atoms with Crippen molar-refractivity contribution in [1.82, 2.24) is 14.4 Å². The van der Waals surface area contributed by atoms with E-state index in [1.54, 1.807) is 25.1 Å². The number of nitrogens with one attached hydrogen (secondary N) is 1. The molecule has 0 aliphatic carbocycles. The zero-order valence-electron chi connectivity index (χ0n) is 15.0. The monoisotopic (exact) mass is 379 g/mol. The Morgan fingerprint density at radius 2 is 2.07 bits per heavy atom. The fraction of sp³-hybridized carbons (Fsp3) is 0.211. The van der Waals surface area contributed by atoms with Crippen LogP contribution in [0.4, 0.5) is 5.69 Å². The largest absolute Gasteiger partial charge is 0.462 e. The first-order valence-electron chi connectivity index (χ1n) is 8.49. The summed E-state index contributed by atoms with van der Waals surface area (Å²) in [6.45, 7) is 1.70. The Bertz CT molecular complexity index is 1120. The van der Waals surface area contributed by atoms with Gasteiger partial charge in [-0.3, -0.25) is 19.2 Å². The van der Waals surface area contributed by atoms with Crippen molar-refractivity contribution >= 4 is 17.2 Å². The Kier molecular flexibility index (Phi) is 5.62. The van der Waals surface area contributed by atoms with Crippen molar-refractivity contribution in [1.29, 1.82) is 5.26 Å². The van der Waals surface area contributed by atoms with Crippen LogP contribution in [0.2, 0.25) is 0 Å². The summed E-state index contributed by atoms with van der Waals surface area (Å²) in [5.41, 5.74) is 0.682. The number of hydrogen-bond donors (Lipinski definition) is 2. The number of aliphatic hydroxyl groups is 1. The molecule has 0 aromatic carbocycles. The van der Waals surface area contributed by atoms with Gasteiger partial charge in [-0.25, -0.2) is 4.79 Å². The number of esters is 1. The molecule has 0 saturated carbocycles. The molecule has 0 fully saturated rings. The molecule has 0 atom stereocenters. The number of hydrogen-bond acceptors (Lipinski definition) is 8. The molecular formula is C19H17N5O4. The Labute approximate surface area is 159 Å². The van der Waals surface area contributed by atoms with Gasteiger partial charge in [-0.05, 0) is 19.1 Å². The molecule has 9 heteroatoms. The third-order valence-corrected chi connectivity index (χ3v) is 4.01. The van der Waals surface area contributed by atoms with Gasteiger partial charge in [0.05, 0.1) is 54.7 Å². The molecule has 0 amide bonds. The number of ether oxygens (including phenoxy) is 1. The van der Waals surface area contributed by atoms with E-state index in [1.165, 1.54) is 23.0 Å². The van der Waals surface area contributed by atoms with E-state index in [0.29, 0.717) is 16.9 Å². The van der Waals surface area contributed by atoms with E-state index in [2.05, 4.69) is 15.3 Å². The second-order valence-corrected chi connectivity index (χ2v) is 5.73. The van der Waals surface area contributed by atoms with E-state index in [4.69, 9.17) is 9.84 Å². The van der Waals surface area contributed by atoms with Gasteiger partial charge in [0, 0.05) is 6.20 Å². The summed E-state index contributed by atoms with van der Waals surface area (Å²) in [5, 5.41) is 21.5. The van der Waals surface area contributed by atoms with Crippen LogP contribution in [0.5, 0.6) is 0 Å². The molecule has 28 heavy (non-hydrogen) atoms. The number of aliphatic hydroxyl groups excluding tert-OH is 1. The second kappa shape index (κ2) is 8.28. The summed E-state index contributed by atoms with van der Waals surface area (Å²) in [6.07, 6.45) is 4.37. The van der Waals surface area contributed by atoms with Gasteiger partial charge in [0.2, 0.25) is 0 Å². The number of rotatable bonds is 6. The van der Waals surface area contributed by atoms with Crippen LogP contribution < -0.4 is 10.9 Å². The third-order valence-electron chi connectivity index (χ3n) is 4.01. The minimum atomic E-state index is -0.646. The van der Waals surface area contributed by atoms with Crippen LogP contribution in [-0.4, -0.2) is 32.1 Å². The van der Waals surface area contributed by atoms with Crippen LogP contribution in [0.1, 0.15) is 34.2 Å². The SMILES string of the molecule is CCOC(=O)c1c(NCc2cnc(CO)cn2)c(C#N)c(=O)n2ccccc12. The van der Waals surface area contributed by atoms with Gasteiger partial charge in [-0.1, -0.05) is 6.07 Å². The summed E-state index contributed by atoms with van der Waals surface area (Å²) in [5.74, 6) is -0.646. The van der Waals surface area contributed by atoms with E-state index < -0.39 is 11.5 Å². The van der Waals surface area contributed by atoms with Crippen LogP contribution in [0.3, 0.4) is 0 Å². The highest BCUT2D eigenvalue weighted by atomic mass is 16.5. The minimum absolute atomic E-state index is 0.0881. The van der Waals surface area contributed by atoms with Crippen LogP contribution in [-0.2, 0) is 17.9 Å². The van der Waals surface area contributed by atoms with Crippen molar-refractivity contribution in [2.24, 2.45) is 0 Å². The Morgan fingerprint density at radius 3 is 2.71 bits per heavy atom. The van der Waals surface area contributed by atoms with E-state index in [1.807, 2.05) is 6.07 Å². The molecule has 9 nitrogen and oxygen atoms in total. The molecule has 0 unspecified atom stereocenters. The number of fused-ring (bicyclic) bond motifs is 1. The minimum Gasteiger partial charge on any atom is -0.462 e. The van der Waals surface area contributed by atoms with Crippen LogP contribution in [0, 0.1) is 11.3 Å². The van der Waals surface area contributed by atoms with Crippen molar-refractivity contribution in [3.63, 3.8) is 0 Å². The normalized spacial score (nSPS) is 10.5. The fourth-order valence-electron chi connectivity index (χ4n) is 2.73. The lowest BCUT2D eigenvalue weighted by molar-refractivity contribution is 0.0529. The van der Waals surface area contributed by atoms with Gasteiger partial charge in [0.25, 0.3) is 5.56 Å². The standard InChI is InChI=1S/C19H17N5O4/c1-2-28-19(27)16-15-5-3-4-6-24(15)18(26)14(7-20)17(16)23-9-12-8-22-13(11-25)10-21-12/h3-6,8,10,23,25H,2,9,11H2,1H3. The van der Waals surface area contributed by atoms with Crippen molar-refractivity contribution < 1.29 is 14.6 Å². The van der Waals surface area contributed by atoms with Gasteiger partial charge in [-0.15, -0.1) is 0 Å². The molecule has 0 saturated heterocycles. The van der Waals surface area contributed by atoms with Crippen LogP contribution >= 0.6 is 0 Å². The lowest BCUT2D eigenvalue weighted by atomic mass is 10.1. The van der Waals surface area contributed by atoms with Crippen molar-refractivity contribution in [3.05, 3.63) is 69.7 Å². The number of pyridine rings is 2. The zero-order chi connectivity index (χ0) is 20.1. The molecule has 3 heterocycles. The molecule has 3 aromatic rings. The first-order valence-corrected chi connectivity index (χ1v) is 8.49. The number of nitrogens with zero attached hydrogens (tertiary/aromatic N) is 4. The predicted molar refractivity (Wildman–Crippen MR) is 99.6 cm³/mol. The zero-order valence-corrected chi connectivity index (χ0v) is 15.0. The van der Waals surface area contributed by atoms with Crippen molar-refractivity contribution in [2.45, 2.75) is 20.1 Å². The lowest BCUT2D eigenvalue weighted by Gasteiger charge is -2.15. The first-order chi connectivity index (χ1) is 13.6. The molecule has 3 rings (SSSR count). The van der Waals surface area contributed by atoms with Gasteiger partial charge in [-0.2, -0.15) is 5.26 Å². The first kappa shape index (κ1) is 19.0. The Morgan fingerprint density at radius 1 is 1.32 bits per heavy atom. The summed E-state index contributed by atoms with van der Waals surface area (Å²) >= 11 is 0. The number of nitriles is 1. The van der Waals surface area contributed by atoms with Crippen LogP contribution in [0.15, 0.2) is 41.6 Å². The number of aromatic nitrogens is 3. The van der Waals surface area contributed by atoms with Gasteiger partial charge < -0.3 is 15.2 Å². The molecule has 0 bridgehead atoms. The van der Waals surface area contributed by atoms with Crippen molar-refractivity contribution in [3.8, 4) is 6.07 Å². The average molecular weight is 379 g/mol. The van der Waals surface area contributed by atoms with E-state index >= 15 is 0 Å². The quantitative estimate of drug-likeness (QED) is 0.612. The van der Waals surface area contributed by atoms with Crippen LogP contribution in [0.25, 0.3) is 5.52 Å². The number of anilines is 1. The smallest absolute Gasteiger partial charge is 0.342 e. The van der Waals surface area contributed by atoms with Gasteiger partial charge >= 0.3 is 5.97 Å². The lowest BCUT2D eigenvalue weighted by Crippen LogP contribution is -2.24. The van der Waals surface area contributed by atoms with E-state index in [-0.39, 0.29) is 36.6 Å². The molecular weight excluding hydrogens is 362 g/mol. The van der Waals surface area contributed by atoms with E-state index in [0.717, 1.165) is 0 Å². The topological polar surface area (TPSA) is 130 Å². The molecule has 3 aromatic heterocycles. The summed E-state index contributed by atoms with van der Waals surface area (Å²) in [7, 11) is 0. The molecule has 2 N–H and O–H groups in total. The Hall–Kier alpha value is -3.77. The maximum atomic E-state index is 12.7. The highest BCUT2D eigenvalue weighted by Crippen LogP contribution is 2.24. The van der Waals surface area contributed by atoms with Gasteiger partial charge in [0.15, 0.2) is 0 Å². The summed E-state index contributed by atoms with van der Waals surface area (Å²) in [6, 6.07) is 6.80. The number of carbonyl (C=O) groups is 1. The summed E-state index contributed by atoms with van der Waals surface area (Å²) in [4.78, 5) is 33.5. The van der Waals surface area contributed by atoms with E-state index in [9.17, 15) is 14.9 Å². The highest BCUT2D eigenvalue weighted by Gasteiger charge is 2.23. The average Bonchev–Trinajstić information content (AvgIpc) is 2.73. The fourth-order valence-corrected chi connectivity index (χ4v) is 2.73. The predicted octanol–water partition coefficient (Wildman–Crippen LogP) is 1.24. The molecule has 0 aliphatic heterocycles. The second-order valence-electron chi connectivity index (χ2n) is 5.73. The molecule has 0 radical (unpaired) electrons. The molecule has 0 aliphatic rings. The summed E-state index contributed by atoms with van der Waals surface area (Å²) < 4.78 is 6.38. The Balaban J connectivity index is 2.13. The number of carbonyl (C=O) groups excluding carboxylic acids is 1. The third kappa shape index (κ3) is 3.54. The van der Waals surface area contributed by atoms with Crippen molar-refractivity contribution in [2.75, 3.05) is 11.9 Å². The molecule has 0 spiro atoms. The highest BCUT2D eigenvalue weighted by molar-refractivity contribution is 6.04.